The first-order valence-corrected chi connectivity index (χ1v) is 8.89. The molecule has 0 saturated carbocycles. The van der Waals surface area contributed by atoms with Gasteiger partial charge in [0.2, 0.25) is 5.95 Å². The molecule has 0 atom stereocenters. The van der Waals surface area contributed by atoms with E-state index in [4.69, 9.17) is 9.72 Å². The van der Waals surface area contributed by atoms with Crippen LogP contribution in [0.1, 0.15) is 0 Å². The second-order valence-corrected chi connectivity index (χ2v) is 6.34. The van der Waals surface area contributed by atoms with Gasteiger partial charge in [-0.1, -0.05) is 0 Å². The molecule has 140 valence electrons. The highest BCUT2D eigenvalue weighted by atomic mass is 19.1. The number of imidazole rings is 1. The maximum atomic E-state index is 13.4. The second kappa shape index (κ2) is 6.93. The van der Waals surface area contributed by atoms with Crippen molar-refractivity contribution in [2.45, 2.75) is 0 Å². The fourth-order valence-electron chi connectivity index (χ4n) is 3.21. The topological polar surface area (TPSA) is 81.9 Å². The molecular weight excluding hydrogens is 361 g/mol. The number of fused-ring (bicyclic) bond motifs is 1. The minimum absolute atomic E-state index is 0.397. The van der Waals surface area contributed by atoms with Crippen molar-refractivity contribution in [1.82, 2.24) is 29.5 Å². The normalized spacial score (nSPS) is 14.5. The lowest BCUT2D eigenvalue weighted by Gasteiger charge is -2.26. The number of nitrogens with zero attached hydrogens (tertiary/aromatic N) is 7. The number of morpholine rings is 1. The van der Waals surface area contributed by atoms with Gasteiger partial charge in [0.25, 0.3) is 0 Å². The number of hydrogen-bond acceptors (Lipinski definition) is 7. The Bertz CT molecular complexity index is 1110. The van der Waals surface area contributed by atoms with Crippen LogP contribution in [0.25, 0.3) is 28.2 Å². The lowest BCUT2D eigenvalue weighted by molar-refractivity contribution is 0.122. The van der Waals surface area contributed by atoms with Crippen LogP contribution in [-0.2, 0) is 4.74 Å². The standard InChI is InChI=1S/C19H16FN7O/c20-14-1-2-17(22-11-14)27-16-12-21-4-3-15(16)25-18(27)13-9-23-19(24-10-13)26-5-7-28-8-6-26/h1-4,9-12H,5-8H2. The molecule has 1 fully saturated rings. The third-order valence-corrected chi connectivity index (χ3v) is 4.59. The van der Waals surface area contributed by atoms with Crippen molar-refractivity contribution < 1.29 is 9.13 Å². The highest BCUT2D eigenvalue weighted by Gasteiger charge is 2.18. The van der Waals surface area contributed by atoms with Gasteiger partial charge in [-0.2, -0.15) is 0 Å². The first kappa shape index (κ1) is 16.7. The number of pyridine rings is 2. The molecule has 0 bridgehead atoms. The number of halogens is 1. The summed E-state index contributed by atoms with van der Waals surface area (Å²) in [5.41, 5.74) is 2.27. The summed E-state index contributed by atoms with van der Waals surface area (Å²) in [5, 5.41) is 0. The smallest absolute Gasteiger partial charge is 0.225 e. The van der Waals surface area contributed by atoms with Gasteiger partial charge in [-0.05, 0) is 18.2 Å². The van der Waals surface area contributed by atoms with E-state index in [2.05, 4.69) is 24.8 Å². The average Bonchev–Trinajstić information content (AvgIpc) is 3.15. The van der Waals surface area contributed by atoms with Crippen molar-refractivity contribution >= 4 is 17.0 Å². The monoisotopic (exact) mass is 377 g/mol. The summed E-state index contributed by atoms with van der Waals surface area (Å²) in [6.07, 6.45) is 8.05. The second-order valence-electron chi connectivity index (χ2n) is 6.34. The van der Waals surface area contributed by atoms with Crippen molar-refractivity contribution in [2.24, 2.45) is 0 Å². The highest BCUT2D eigenvalue weighted by Crippen LogP contribution is 2.27. The maximum absolute atomic E-state index is 13.4. The van der Waals surface area contributed by atoms with E-state index in [9.17, 15) is 4.39 Å². The van der Waals surface area contributed by atoms with Crippen LogP contribution in [0.3, 0.4) is 0 Å². The zero-order valence-electron chi connectivity index (χ0n) is 14.9. The minimum atomic E-state index is -0.397. The molecule has 5 heterocycles. The number of anilines is 1. The van der Waals surface area contributed by atoms with Gasteiger partial charge in [-0.15, -0.1) is 0 Å². The molecule has 0 unspecified atom stereocenters. The van der Waals surface area contributed by atoms with E-state index in [1.165, 1.54) is 12.3 Å². The van der Waals surface area contributed by atoms with Gasteiger partial charge < -0.3 is 9.64 Å². The van der Waals surface area contributed by atoms with E-state index in [1.807, 2.05) is 10.6 Å². The molecule has 5 rings (SSSR count). The lowest BCUT2D eigenvalue weighted by atomic mass is 10.3. The van der Waals surface area contributed by atoms with Crippen molar-refractivity contribution in [2.75, 3.05) is 31.2 Å². The summed E-state index contributed by atoms with van der Waals surface area (Å²) in [5.74, 6) is 1.43. The van der Waals surface area contributed by atoms with Crippen molar-refractivity contribution in [3.8, 4) is 17.2 Å². The van der Waals surface area contributed by atoms with Crippen LogP contribution >= 0.6 is 0 Å². The van der Waals surface area contributed by atoms with Gasteiger partial charge in [0.15, 0.2) is 0 Å². The summed E-state index contributed by atoms with van der Waals surface area (Å²) < 4.78 is 20.6. The average molecular weight is 377 g/mol. The lowest BCUT2D eigenvalue weighted by Crippen LogP contribution is -2.37. The molecule has 1 aliphatic heterocycles. The Morgan fingerprint density at radius 2 is 1.75 bits per heavy atom. The maximum Gasteiger partial charge on any atom is 0.225 e. The van der Waals surface area contributed by atoms with Crippen LogP contribution in [0.4, 0.5) is 10.3 Å². The Labute approximate surface area is 159 Å². The highest BCUT2D eigenvalue weighted by molar-refractivity contribution is 5.81. The zero-order valence-corrected chi connectivity index (χ0v) is 14.9. The largest absolute Gasteiger partial charge is 0.378 e. The molecule has 9 heteroatoms. The fourth-order valence-corrected chi connectivity index (χ4v) is 3.21. The molecule has 4 aromatic rings. The van der Waals surface area contributed by atoms with Gasteiger partial charge in [0, 0.05) is 31.7 Å². The van der Waals surface area contributed by atoms with E-state index in [0.717, 1.165) is 29.7 Å². The number of hydrogen-bond donors (Lipinski definition) is 0. The number of aromatic nitrogens is 6. The van der Waals surface area contributed by atoms with Crippen LogP contribution < -0.4 is 4.90 Å². The summed E-state index contributed by atoms with van der Waals surface area (Å²) in [6.45, 7) is 2.88. The Morgan fingerprint density at radius 1 is 0.929 bits per heavy atom. The van der Waals surface area contributed by atoms with Crippen molar-refractivity contribution in [3.05, 3.63) is 55.0 Å². The predicted octanol–water partition coefficient (Wildman–Crippen LogP) is 2.25. The van der Waals surface area contributed by atoms with Gasteiger partial charge >= 0.3 is 0 Å². The van der Waals surface area contributed by atoms with Crippen molar-refractivity contribution in [3.63, 3.8) is 0 Å². The van der Waals surface area contributed by atoms with Gasteiger partial charge in [-0.25, -0.2) is 24.3 Å². The third-order valence-electron chi connectivity index (χ3n) is 4.59. The Balaban J connectivity index is 1.60. The quantitative estimate of drug-likeness (QED) is 0.542. The molecule has 4 aromatic heterocycles. The van der Waals surface area contributed by atoms with Gasteiger partial charge in [-0.3, -0.25) is 9.55 Å². The van der Waals surface area contributed by atoms with Gasteiger partial charge in [0.05, 0.1) is 42.2 Å². The third kappa shape index (κ3) is 2.95. The molecule has 1 aliphatic rings. The zero-order chi connectivity index (χ0) is 18.9. The van der Waals surface area contributed by atoms with Crippen LogP contribution in [0, 0.1) is 5.82 Å². The number of rotatable bonds is 3. The van der Waals surface area contributed by atoms with Crippen LogP contribution in [0.2, 0.25) is 0 Å². The van der Waals surface area contributed by atoms with E-state index >= 15 is 0 Å². The molecule has 0 aromatic carbocycles. The predicted molar refractivity (Wildman–Crippen MR) is 101 cm³/mol. The van der Waals surface area contributed by atoms with E-state index in [0.29, 0.717) is 30.8 Å². The molecule has 0 N–H and O–H groups in total. The van der Waals surface area contributed by atoms with Gasteiger partial charge in [0.1, 0.15) is 17.5 Å². The summed E-state index contributed by atoms with van der Waals surface area (Å²) in [4.78, 5) is 24.2. The molecule has 8 nitrogen and oxygen atoms in total. The first-order chi connectivity index (χ1) is 13.8. The SMILES string of the molecule is Fc1ccc(-n2c(-c3cnc(N4CCOCC4)nc3)nc3ccncc32)nc1. The molecule has 0 radical (unpaired) electrons. The summed E-state index contributed by atoms with van der Waals surface area (Å²) in [7, 11) is 0. The first-order valence-electron chi connectivity index (χ1n) is 8.89. The Kier molecular flexibility index (Phi) is 4.13. The molecule has 1 saturated heterocycles. The minimum Gasteiger partial charge on any atom is -0.378 e. The summed E-state index contributed by atoms with van der Waals surface area (Å²) in [6, 6.07) is 4.80. The summed E-state index contributed by atoms with van der Waals surface area (Å²) >= 11 is 0. The molecule has 0 amide bonds. The molecule has 28 heavy (non-hydrogen) atoms. The van der Waals surface area contributed by atoms with Crippen LogP contribution in [0.15, 0.2) is 49.2 Å². The van der Waals surface area contributed by atoms with Crippen LogP contribution in [0.5, 0.6) is 0 Å². The fraction of sp³-hybridized carbons (Fsp3) is 0.211. The van der Waals surface area contributed by atoms with Crippen LogP contribution in [-0.4, -0.2) is 55.8 Å². The van der Waals surface area contributed by atoms with E-state index < -0.39 is 5.82 Å². The van der Waals surface area contributed by atoms with Crippen molar-refractivity contribution in [1.29, 1.82) is 0 Å². The Hall–Kier alpha value is -3.46. The molecule has 0 spiro atoms. The van der Waals surface area contributed by atoms with E-state index in [-0.39, 0.29) is 0 Å². The Morgan fingerprint density at radius 3 is 2.50 bits per heavy atom. The molecular formula is C19H16FN7O. The number of ether oxygens (including phenoxy) is 1. The van der Waals surface area contributed by atoms with E-state index in [1.54, 1.807) is 30.9 Å². The molecule has 0 aliphatic carbocycles.